The van der Waals surface area contributed by atoms with E-state index in [9.17, 15) is 33.9 Å². The molecule has 0 aliphatic heterocycles. The van der Waals surface area contributed by atoms with Crippen LogP contribution in [-0.2, 0) is 39.7 Å². The van der Waals surface area contributed by atoms with E-state index in [1.54, 1.807) is 13.8 Å². The van der Waals surface area contributed by atoms with Crippen LogP contribution in [0, 0.1) is 0 Å². The first-order valence-corrected chi connectivity index (χ1v) is 34.2. The average Bonchev–Trinajstić information content (AvgIpc) is 0.931. The van der Waals surface area contributed by atoms with Crippen LogP contribution in [0.15, 0.2) is 182 Å². The lowest BCUT2D eigenvalue weighted by Crippen LogP contribution is -2.54. The van der Waals surface area contributed by atoms with Gasteiger partial charge in [-0.25, -0.2) is 14.4 Å². The summed E-state index contributed by atoms with van der Waals surface area (Å²) < 4.78 is 11.8. The maximum absolute atomic E-state index is 14.3. The van der Waals surface area contributed by atoms with E-state index in [4.69, 9.17) is 9.47 Å². The van der Waals surface area contributed by atoms with Gasteiger partial charge in [-0.1, -0.05) is 232 Å². The van der Waals surface area contributed by atoms with E-state index in [-0.39, 0.29) is 42.3 Å². The Kier molecular flexibility index (Phi) is 26.4. The quantitative estimate of drug-likeness (QED) is 0.0225. The van der Waals surface area contributed by atoms with Crippen molar-refractivity contribution >= 4 is 58.3 Å². The number of hydrogen-bond acceptors (Lipinski definition) is 14. The van der Waals surface area contributed by atoms with Gasteiger partial charge in [0, 0.05) is 11.8 Å². The molecule has 0 aliphatic rings. The number of hydrogen-bond donors (Lipinski definition) is 7. The highest BCUT2D eigenvalue weighted by Gasteiger charge is 2.42. The lowest BCUT2D eigenvalue weighted by atomic mass is 9.77. The number of carbonyl (C=O) groups is 6. The molecular weight excluding hydrogens is 1250 g/mol. The number of Topliss-reactive ketones (excluding diaryl/α,β-unsaturated/α-hetero) is 1. The van der Waals surface area contributed by atoms with Crippen molar-refractivity contribution in [2.75, 3.05) is 0 Å². The summed E-state index contributed by atoms with van der Waals surface area (Å²) in [4.78, 5) is 80.4. The molecule has 7 N–H and O–H groups in total. The number of aromatic nitrogens is 4. The number of nitrogens with one attached hydrogen (secondary N) is 6. The normalized spacial score (nSPS) is 14.3. The molecule has 19 nitrogen and oxygen atoms in total. The van der Waals surface area contributed by atoms with Crippen molar-refractivity contribution in [2.24, 2.45) is 0 Å². The Morgan fingerprint density at radius 1 is 0.417 bits per heavy atom. The van der Waals surface area contributed by atoms with E-state index in [0.29, 0.717) is 10.0 Å². The minimum atomic E-state index is -1.34. The van der Waals surface area contributed by atoms with Crippen molar-refractivity contribution in [2.45, 2.75) is 186 Å². The van der Waals surface area contributed by atoms with E-state index in [2.05, 4.69) is 66.1 Å². The van der Waals surface area contributed by atoms with E-state index < -0.39 is 76.7 Å². The second-order valence-corrected chi connectivity index (χ2v) is 28.0. The van der Waals surface area contributed by atoms with E-state index in [0.717, 1.165) is 56.2 Å². The Morgan fingerprint density at radius 2 is 0.677 bits per heavy atom. The van der Waals surface area contributed by atoms with Crippen molar-refractivity contribution in [3.63, 3.8) is 0 Å². The van der Waals surface area contributed by atoms with Gasteiger partial charge >= 0.3 is 18.0 Å². The average molecular weight is 1340 g/mol. The fourth-order valence-electron chi connectivity index (χ4n) is 11.2. The number of carboxylic acid groups (broad SMARTS) is 1. The summed E-state index contributed by atoms with van der Waals surface area (Å²) in [5, 5.41) is 47.7. The third-order valence-corrected chi connectivity index (χ3v) is 18.7. The minimum Gasteiger partial charge on any atom is -0.480 e. The minimum absolute atomic E-state index is 0.129. The van der Waals surface area contributed by atoms with Gasteiger partial charge in [-0.3, -0.25) is 14.4 Å². The molecule has 0 saturated heterocycles. The van der Waals surface area contributed by atoms with Crippen LogP contribution < -0.4 is 31.9 Å². The van der Waals surface area contributed by atoms with Gasteiger partial charge in [0.15, 0.2) is 11.8 Å². The summed E-state index contributed by atoms with van der Waals surface area (Å²) in [6.45, 7) is 24.1. The van der Waals surface area contributed by atoms with Crippen molar-refractivity contribution in [1.29, 1.82) is 0 Å². The van der Waals surface area contributed by atoms with E-state index in [1.165, 1.54) is 29.6 Å². The molecule has 0 aliphatic carbocycles. The molecule has 21 heteroatoms. The molecule has 8 aromatic rings. The highest BCUT2D eigenvalue weighted by Crippen LogP contribution is 2.40. The number of amides is 6. The van der Waals surface area contributed by atoms with Crippen LogP contribution in [0.4, 0.5) is 9.59 Å². The first-order chi connectivity index (χ1) is 45.7. The van der Waals surface area contributed by atoms with Gasteiger partial charge in [-0.2, -0.15) is 0 Å². The largest absolute Gasteiger partial charge is 0.480 e. The van der Waals surface area contributed by atoms with Crippen LogP contribution in [-0.4, -0.2) is 96.6 Å². The van der Waals surface area contributed by atoms with Gasteiger partial charge in [-0.15, -0.1) is 20.4 Å². The lowest BCUT2D eigenvalue weighted by molar-refractivity contribution is -0.146. The lowest BCUT2D eigenvalue weighted by Gasteiger charge is -2.37. The number of ketones is 1. The number of nitrogens with zero attached hydrogens (tertiary/aromatic N) is 4. The number of carboxylic acids is 1. The topological polar surface area (TPSA) is 265 Å². The van der Waals surface area contributed by atoms with Gasteiger partial charge in [-0.05, 0) is 109 Å². The molecule has 0 radical (unpaired) electrons. The molecule has 0 fully saturated rings. The Hall–Kier alpha value is -9.02. The Morgan fingerprint density at radius 3 is 0.927 bits per heavy atom. The molecule has 6 amide bonds. The standard InChI is InChI=1S/C38H47N5O4S.C37H45N5O5S/c1-8-25(2)34-42-43-35(48-34)31(39-36(46)40-33(26(3)44)27(4)47-37(5,6)7)24-32(45)41-38(28-18-12-9-13-19-28,29-20-14-10-15-21-29)30-22-16-11-17-23-30;1-7-24(2)32-41-42-33(48-32)29(38-35(46)39-31(34(44)45)25(3)47-36(4,5)6)23-30(43)40-37(26-17-11-8-12-18-26,27-19-13-9-14-20-27)28-21-15-10-16-22-28/h9-23,25,27,31,33H,8,24H2,1-7H3,(H,41,45)(H2,39,40,46);8-22,24-25,29,31H,7,23H2,1-6H3,(H,40,43)(H,44,45)(H2,38,39,46)/t25-,27?,31-,33+;24-,25?,29-,31-/m00/s1. The van der Waals surface area contributed by atoms with Crippen molar-refractivity contribution in [3.8, 4) is 0 Å². The number of benzene rings is 6. The Labute approximate surface area is 572 Å². The summed E-state index contributed by atoms with van der Waals surface area (Å²) in [5.74, 6) is -1.87. The molecule has 0 saturated carbocycles. The van der Waals surface area contributed by atoms with Gasteiger partial charge in [0.25, 0.3) is 0 Å². The summed E-state index contributed by atoms with van der Waals surface area (Å²) in [7, 11) is 0. The van der Waals surface area contributed by atoms with Gasteiger partial charge < -0.3 is 46.5 Å². The van der Waals surface area contributed by atoms with Crippen LogP contribution >= 0.6 is 22.7 Å². The summed E-state index contributed by atoms with van der Waals surface area (Å²) >= 11 is 2.69. The molecule has 0 bridgehead atoms. The highest BCUT2D eigenvalue weighted by molar-refractivity contribution is 7.11. The fourth-order valence-corrected chi connectivity index (χ4v) is 13.3. The van der Waals surface area contributed by atoms with Crippen LogP contribution in [0.2, 0.25) is 0 Å². The zero-order valence-electron chi connectivity index (χ0n) is 57.1. The predicted molar refractivity (Wildman–Crippen MR) is 376 cm³/mol. The van der Waals surface area contributed by atoms with Crippen molar-refractivity contribution in [1.82, 2.24) is 52.3 Å². The number of rotatable bonds is 28. The zero-order valence-corrected chi connectivity index (χ0v) is 58.7. The summed E-state index contributed by atoms with van der Waals surface area (Å²) in [5.41, 5.74) is 1.95. The predicted octanol–water partition coefficient (Wildman–Crippen LogP) is 13.6. The first kappa shape index (κ1) is 74.4. The van der Waals surface area contributed by atoms with E-state index >= 15 is 0 Å². The highest BCUT2D eigenvalue weighted by atomic mass is 32.1. The molecule has 2 aromatic heterocycles. The third kappa shape index (κ3) is 20.0. The van der Waals surface area contributed by atoms with Crippen LogP contribution in [0.1, 0.15) is 193 Å². The van der Waals surface area contributed by atoms with Crippen LogP contribution in [0.5, 0.6) is 0 Å². The maximum Gasteiger partial charge on any atom is 0.328 e. The monoisotopic (exact) mass is 1340 g/mol. The Bertz CT molecular complexity index is 3340. The molecule has 2 unspecified atom stereocenters. The molecule has 8 rings (SSSR count). The molecule has 508 valence electrons. The van der Waals surface area contributed by atoms with E-state index in [1.807, 2.05) is 237 Å². The summed E-state index contributed by atoms with van der Waals surface area (Å²) in [6.07, 6.45) is -0.0348. The van der Waals surface area contributed by atoms with Crippen LogP contribution in [0.3, 0.4) is 0 Å². The first-order valence-electron chi connectivity index (χ1n) is 32.5. The number of ether oxygens (including phenoxy) is 2. The second kappa shape index (κ2) is 34.1. The zero-order chi connectivity index (χ0) is 69.8. The number of carbonyl (C=O) groups excluding carboxylic acids is 5. The molecule has 0 spiro atoms. The van der Waals surface area contributed by atoms with Crippen LogP contribution in [0.25, 0.3) is 0 Å². The number of aliphatic carboxylic acids is 1. The van der Waals surface area contributed by atoms with Gasteiger partial charge in [0.05, 0.1) is 48.3 Å². The smallest absolute Gasteiger partial charge is 0.328 e. The second-order valence-electron chi connectivity index (χ2n) is 25.9. The maximum atomic E-state index is 14.3. The molecule has 96 heavy (non-hydrogen) atoms. The SMILES string of the molecule is CC[C@H](C)c1nnc([C@H](CC(=O)NC(c2ccccc2)(c2ccccc2)c2ccccc2)NC(=O)N[C@H](C(=O)O)C(C)OC(C)(C)C)s1.CC[C@H](C)c1nnc([C@H](CC(=O)NC(c2ccccc2)(c2ccccc2)c2ccccc2)NC(=O)N[C@H](C(C)=O)C(C)OC(C)(C)C)s1. The Balaban J connectivity index is 0.000000271. The number of urea groups is 2. The molecule has 2 heterocycles. The van der Waals surface area contributed by atoms with Crippen molar-refractivity contribution in [3.05, 3.63) is 235 Å². The van der Waals surface area contributed by atoms with Gasteiger partial charge in [0.2, 0.25) is 11.8 Å². The fraction of sp³-hybridized carbons (Fsp3) is 0.387. The molecule has 6 aromatic carbocycles. The summed E-state index contributed by atoms with van der Waals surface area (Å²) in [6, 6.07) is 53.3. The van der Waals surface area contributed by atoms with Gasteiger partial charge in [0.1, 0.15) is 37.2 Å². The molecule has 8 atom stereocenters. The third-order valence-electron chi connectivity index (χ3n) is 16.2. The van der Waals surface area contributed by atoms with Crippen molar-refractivity contribution < 1.29 is 43.3 Å². The molecular formula is C75H92N10O9S2.